The number of thiazole rings is 2. The molecule has 0 spiro atoms. The average Bonchev–Trinajstić information content (AvgIpc) is 4.11. The standard InChI is InChI=1S/C48H68N12O5S2/c1-33-41(67-32-55-33)35-15-13-34(14-16-35)29-53-43(62)38-11-9-23-60(38)44(63)42(47(2,3)4)58-40(61)17-20-51-21-25-65-26-24-59(50)31-36(49)30-54-45(64)48(18-6-5-7-19-48)28-37-10-8-12-39(56-37)57-46-52-22-27-66-46/h8,10,12-16,22,27,31-32,38,42,51H,5-7,9,11,17-21,23-26,28-30,49-50H2,1-4H3,(H,53,62)(H,54,64)(H,58,61)(H,52,56,57)/b36-31-. The Labute approximate surface area is 402 Å². The third-order valence-corrected chi connectivity index (χ3v) is 13.9. The van der Waals surface area contributed by atoms with Crippen LogP contribution in [-0.4, -0.2) is 107 Å². The summed E-state index contributed by atoms with van der Waals surface area (Å²) in [4.78, 5) is 70.3. The third kappa shape index (κ3) is 15.0. The molecule has 4 heterocycles. The Bertz CT molecular complexity index is 2260. The van der Waals surface area contributed by atoms with Crippen LogP contribution in [0.15, 0.2) is 71.4 Å². The lowest BCUT2D eigenvalue weighted by atomic mass is 9.70. The number of amides is 4. The average molecular weight is 957 g/mol. The first-order valence-electron chi connectivity index (χ1n) is 23.2. The molecule has 2 fully saturated rings. The molecule has 4 amide bonds. The number of hydrogen-bond donors (Lipinski definition) is 7. The van der Waals surface area contributed by atoms with Crippen molar-refractivity contribution < 1.29 is 23.9 Å². The number of nitrogens with zero attached hydrogens (tertiary/aromatic N) is 5. The van der Waals surface area contributed by atoms with Gasteiger partial charge < -0.3 is 47.0 Å². The summed E-state index contributed by atoms with van der Waals surface area (Å²) in [5.74, 6) is 6.14. The van der Waals surface area contributed by atoms with Crippen molar-refractivity contribution in [2.75, 3.05) is 51.3 Å². The number of rotatable bonds is 23. The summed E-state index contributed by atoms with van der Waals surface area (Å²) in [7, 11) is 0. The van der Waals surface area contributed by atoms with Crippen molar-refractivity contribution >= 4 is 57.3 Å². The molecule has 67 heavy (non-hydrogen) atoms. The van der Waals surface area contributed by atoms with Gasteiger partial charge in [-0.25, -0.2) is 20.8 Å². The molecular weight excluding hydrogens is 889 g/mol. The Hall–Kier alpha value is -5.47. The molecule has 1 aliphatic heterocycles. The van der Waals surface area contributed by atoms with Crippen molar-refractivity contribution in [2.24, 2.45) is 22.4 Å². The van der Waals surface area contributed by atoms with Crippen molar-refractivity contribution in [3.63, 3.8) is 0 Å². The second-order valence-corrected chi connectivity index (χ2v) is 20.2. The highest BCUT2D eigenvalue weighted by Gasteiger charge is 2.42. The molecule has 1 saturated heterocycles. The second-order valence-electron chi connectivity index (χ2n) is 18.5. The Balaban J connectivity index is 0.856. The molecule has 4 aromatic rings. The van der Waals surface area contributed by atoms with Crippen LogP contribution in [0.3, 0.4) is 0 Å². The Morgan fingerprint density at radius 2 is 1.79 bits per heavy atom. The summed E-state index contributed by atoms with van der Waals surface area (Å²) in [5, 5.41) is 19.6. The van der Waals surface area contributed by atoms with E-state index in [1.165, 1.54) is 16.3 Å². The number of likely N-dealkylation sites (tertiary alicyclic amines) is 1. The fraction of sp³-hybridized carbons (Fsp3) is 0.521. The number of nitrogens with one attached hydrogen (secondary N) is 5. The summed E-state index contributed by atoms with van der Waals surface area (Å²) in [5.41, 5.74) is 11.3. The molecule has 362 valence electrons. The molecule has 1 aromatic carbocycles. The largest absolute Gasteiger partial charge is 0.399 e. The molecule has 3 aromatic heterocycles. The van der Waals surface area contributed by atoms with Gasteiger partial charge in [-0.2, -0.15) is 0 Å². The zero-order valence-corrected chi connectivity index (χ0v) is 40.9. The SMILES string of the molecule is Cc1ncsc1-c1ccc(CNC(=O)C2CCCN2C(=O)C(NC(=O)CCNCCOCCN(N)/C=C(\N)CNC(=O)C2(Cc3cccc(Nc4nccs4)n3)CCCCC2)C(C)(C)C)cc1. The number of anilines is 2. The number of hydrazine groups is 1. The van der Waals surface area contributed by atoms with Crippen molar-refractivity contribution in [1.29, 1.82) is 0 Å². The zero-order valence-electron chi connectivity index (χ0n) is 39.3. The van der Waals surface area contributed by atoms with Crippen molar-refractivity contribution in [3.05, 3.63) is 88.4 Å². The van der Waals surface area contributed by atoms with Crippen molar-refractivity contribution in [1.82, 2.24) is 46.1 Å². The molecule has 0 radical (unpaired) electrons. The van der Waals surface area contributed by atoms with Crippen LogP contribution in [0.4, 0.5) is 10.9 Å². The number of hydrogen-bond acceptors (Lipinski definition) is 15. The van der Waals surface area contributed by atoms with Crippen LogP contribution in [0.25, 0.3) is 10.4 Å². The summed E-state index contributed by atoms with van der Waals surface area (Å²) in [6.45, 7) is 10.7. The highest BCUT2D eigenvalue weighted by molar-refractivity contribution is 7.13. The first kappa shape index (κ1) is 50.9. The number of aryl methyl sites for hydroxylation is 1. The van der Waals surface area contributed by atoms with E-state index in [0.29, 0.717) is 76.7 Å². The molecule has 9 N–H and O–H groups in total. The van der Waals surface area contributed by atoms with Gasteiger partial charge in [0.1, 0.15) is 17.9 Å². The van der Waals surface area contributed by atoms with Crippen molar-refractivity contribution in [3.8, 4) is 10.4 Å². The predicted octanol–water partition coefficient (Wildman–Crippen LogP) is 5.13. The van der Waals surface area contributed by atoms with E-state index in [0.717, 1.165) is 64.6 Å². The highest BCUT2D eigenvalue weighted by Crippen LogP contribution is 2.40. The number of aromatic nitrogens is 3. The molecule has 2 atom stereocenters. The van der Waals surface area contributed by atoms with Gasteiger partial charge in [0.25, 0.3) is 0 Å². The fourth-order valence-corrected chi connectivity index (χ4v) is 9.90. The van der Waals surface area contributed by atoms with E-state index in [9.17, 15) is 19.2 Å². The number of pyridine rings is 1. The van der Waals surface area contributed by atoms with E-state index in [-0.39, 0.29) is 36.6 Å². The lowest BCUT2D eigenvalue weighted by Gasteiger charge is -2.36. The lowest BCUT2D eigenvalue weighted by molar-refractivity contribution is -0.143. The van der Waals surface area contributed by atoms with Gasteiger partial charge in [-0.3, -0.25) is 19.2 Å². The van der Waals surface area contributed by atoms with Crippen LogP contribution in [-0.2, 0) is 36.9 Å². The van der Waals surface area contributed by atoms with Crippen molar-refractivity contribution in [2.45, 2.75) is 104 Å². The van der Waals surface area contributed by atoms with Gasteiger partial charge in [-0.1, -0.05) is 70.4 Å². The van der Waals surface area contributed by atoms with Gasteiger partial charge in [-0.15, -0.1) is 22.7 Å². The summed E-state index contributed by atoms with van der Waals surface area (Å²) in [6.07, 6.45) is 9.94. The third-order valence-electron chi connectivity index (χ3n) is 12.2. The number of carbonyl (C=O) groups is 4. The van der Waals surface area contributed by atoms with Crippen LogP contribution in [0.5, 0.6) is 0 Å². The number of benzene rings is 1. The monoisotopic (exact) mass is 956 g/mol. The van der Waals surface area contributed by atoms with E-state index < -0.39 is 22.9 Å². The first-order chi connectivity index (χ1) is 32.2. The molecule has 2 aliphatic rings. The molecule has 17 nitrogen and oxygen atoms in total. The Kier molecular flexibility index (Phi) is 18.6. The van der Waals surface area contributed by atoms with Gasteiger partial charge in [0.15, 0.2) is 5.13 Å². The van der Waals surface area contributed by atoms with Gasteiger partial charge in [0.05, 0.1) is 47.8 Å². The van der Waals surface area contributed by atoms with Crippen LogP contribution in [0.1, 0.15) is 89.1 Å². The number of carbonyl (C=O) groups excluding carboxylic acids is 4. The van der Waals surface area contributed by atoms with Gasteiger partial charge in [0, 0.05) is 68.2 Å². The number of nitrogens with two attached hydrogens (primary N) is 2. The molecule has 1 aliphatic carbocycles. The topological polar surface area (TPSA) is 235 Å². The Morgan fingerprint density at radius 1 is 1.00 bits per heavy atom. The van der Waals surface area contributed by atoms with E-state index in [4.69, 9.17) is 21.3 Å². The minimum atomic E-state index is -0.796. The highest BCUT2D eigenvalue weighted by atomic mass is 32.1. The van der Waals surface area contributed by atoms with Gasteiger partial charge in [-0.05, 0) is 61.3 Å². The first-order valence-corrected chi connectivity index (χ1v) is 25.0. The smallest absolute Gasteiger partial charge is 0.246 e. The molecule has 19 heteroatoms. The van der Waals surface area contributed by atoms with Gasteiger partial charge in [0.2, 0.25) is 23.6 Å². The summed E-state index contributed by atoms with van der Waals surface area (Å²) in [6, 6.07) is 12.5. The van der Waals surface area contributed by atoms with Crippen LogP contribution >= 0.6 is 22.7 Å². The van der Waals surface area contributed by atoms with Gasteiger partial charge >= 0.3 is 0 Å². The Morgan fingerprint density at radius 3 is 2.51 bits per heavy atom. The summed E-state index contributed by atoms with van der Waals surface area (Å²) < 4.78 is 5.75. The van der Waals surface area contributed by atoms with Crippen LogP contribution < -0.4 is 38.2 Å². The number of ether oxygens (including phenoxy) is 1. The zero-order chi connectivity index (χ0) is 47.8. The van der Waals surface area contributed by atoms with Crippen LogP contribution in [0, 0.1) is 17.8 Å². The van der Waals surface area contributed by atoms with Crippen LogP contribution in [0.2, 0.25) is 0 Å². The van der Waals surface area contributed by atoms with E-state index >= 15 is 0 Å². The normalized spacial score (nSPS) is 16.6. The fourth-order valence-electron chi connectivity index (χ4n) is 8.55. The van der Waals surface area contributed by atoms with E-state index in [1.54, 1.807) is 28.6 Å². The molecular formula is C48H68N12O5S2. The summed E-state index contributed by atoms with van der Waals surface area (Å²) >= 11 is 3.10. The lowest BCUT2D eigenvalue weighted by Crippen LogP contribution is -2.57. The minimum absolute atomic E-state index is 0.0303. The predicted molar refractivity (Wildman–Crippen MR) is 264 cm³/mol. The maximum atomic E-state index is 14.0. The van der Waals surface area contributed by atoms with E-state index in [2.05, 4.69) is 36.6 Å². The molecule has 1 saturated carbocycles. The quantitative estimate of drug-likeness (QED) is 0.0291. The maximum absolute atomic E-state index is 14.0. The molecule has 2 unspecified atom stereocenters. The minimum Gasteiger partial charge on any atom is -0.399 e. The second kappa shape index (κ2) is 24.5. The molecule has 0 bridgehead atoms. The molecule has 6 rings (SSSR count). The maximum Gasteiger partial charge on any atom is 0.246 e. The van der Waals surface area contributed by atoms with E-state index in [1.807, 2.05) is 81.1 Å².